The van der Waals surface area contributed by atoms with Gasteiger partial charge in [0, 0.05) is 10.0 Å². The molecule has 1 fully saturated rings. The highest BCUT2D eigenvalue weighted by atomic mass is 79.9. The van der Waals surface area contributed by atoms with Crippen molar-refractivity contribution in [3.05, 3.63) is 58.6 Å². The number of hydrogen-bond donors (Lipinski definition) is 4. The number of piperidine rings is 1. The van der Waals surface area contributed by atoms with Gasteiger partial charge in [-0.1, -0.05) is 52.0 Å². The van der Waals surface area contributed by atoms with E-state index in [2.05, 4.69) is 31.9 Å². The van der Waals surface area contributed by atoms with Gasteiger partial charge < -0.3 is 21.1 Å². The average Bonchev–Trinajstić information content (AvgIpc) is 3.10. The van der Waals surface area contributed by atoms with E-state index in [1.165, 1.54) is 11.8 Å². The molecule has 2 aliphatic rings. The third-order valence-corrected chi connectivity index (χ3v) is 7.61. The summed E-state index contributed by atoms with van der Waals surface area (Å²) in [6.45, 7) is 1.69. The van der Waals surface area contributed by atoms with Crippen molar-refractivity contribution >= 4 is 50.8 Å². The fourth-order valence-corrected chi connectivity index (χ4v) is 5.98. The summed E-state index contributed by atoms with van der Waals surface area (Å²) in [5.41, 5.74) is 2.34. The number of carbonyl (C=O) groups is 2. The minimum Gasteiger partial charge on any atom is -0.481 e. The lowest BCUT2D eigenvalue weighted by Gasteiger charge is -2.37. The maximum absolute atomic E-state index is 13.6. The van der Waals surface area contributed by atoms with Crippen molar-refractivity contribution < 1.29 is 14.7 Å². The van der Waals surface area contributed by atoms with E-state index in [-0.39, 0.29) is 23.4 Å². The van der Waals surface area contributed by atoms with E-state index >= 15 is 0 Å². The summed E-state index contributed by atoms with van der Waals surface area (Å²) in [6, 6.07) is 15.0. The molecule has 2 aliphatic heterocycles. The summed E-state index contributed by atoms with van der Waals surface area (Å²) < 4.78 is 0.916. The van der Waals surface area contributed by atoms with Gasteiger partial charge in [0.1, 0.15) is 0 Å². The highest BCUT2D eigenvalue weighted by Crippen LogP contribution is 2.46. The van der Waals surface area contributed by atoms with Crippen LogP contribution in [0.2, 0.25) is 0 Å². The minimum absolute atomic E-state index is 0.0329. The second-order valence-electron chi connectivity index (χ2n) is 7.71. The Morgan fingerprint density at radius 2 is 1.80 bits per heavy atom. The maximum Gasteiger partial charge on any atom is 0.308 e. The number of fused-ring (bicyclic) bond motifs is 1. The number of carboxylic acids is 1. The maximum atomic E-state index is 13.6. The summed E-state index contributed by atoms with van der Waals surface area (Å²) in [7, 11) is 0. The Morgan fingerprint density at radius 3 is 2.37 bits per heavy atom. The van der Waals surface area contributed by atoms with E-state index in [4.69, 9.17) is 0 Å². The predicted molar refractivity (Wildman–Crippen MR) is 124 cm³/mol. The molecule has 0 spiro atoms. The molecular weight excluding hydrogens is 466 g/mol. The van der Waals surface area contributed by atoms with Crippen LogP contribution in [0, 0.1) is 5.92 Å². The fourth-order valence-electron chi connectivity index (χ4n) is 4.07. The topological polar surface area (TPSA) is 90.5 Å². The molecule has 158 valence electrons. The number of carbonyl (C=O) groups excluding carboxylic acids is 1. The van der Waals surface area contributed by atoms with E-state index < -0.39 is 11.0 Å². The summed E-state index contributed by atoms with van der Waals surface area (Å²) in [4.78, 5) is 24.3. The van der Waals surface area contributed by atoms with Crippen molar-refractivity contribution in [3.63, 3.8) is 0 Å². The molecule has 2 atom stereocenters. The number of hydrogen-bond acceptors (Lipinski definition) is 6. The molecule has 2 heterocycles. The number of anilines is 2. The van der Waals surface area contributed by atoms with Crippen molar-refractivity contribution in [3.8, 4) is 0 Å². The molecule has 1 saturated heterocycles. The van der Waals surface area contributed by atoms with Crippen LogP contribution in [0.15, 0.2) is 53.0 Å². The second kappa shape index (κ2) is 8.99. The Hall–Kier alpha value is -2.03. The number of thioether (sulfide) groups is 1. The lowest BCUT2D eigenvalue weighted by molar-refractivity contribution is -0.137. The summed E-state index contributed by atoms with van der Waals surface area (Å²) in [5.74, 6) is -0.768. The van der Waals surface area contributed by atoms with Crippen LogP contribution in [-0.4, -0.2) is 40.2 Å². The molecule has 2 aromatic rings. The van der Waals surface area contributed by atoms with Crippen molar-refractivity contribution in [1.29, 1.82) is 0 Å². The standard InChI is InChI=1S/C22H24BrN3O3S/c23-16-9-7-14(8-10-16)20(29)21(15-4-3-11-24-13-15)30-22(12-19(27)28)25-17-5-1-2-6-18(17)26-22/h1-2,5-10,15,21,24-26H,3-4,11-13H2,(H,27,28). The number of nitrogens with one attached hydrogen (secondary N) is 3. The minimum atomic E-state index is -0.983. The lowest BCUT2D eigenvalue weighted by Crippen LogP contribution is -2.47. The largest absolute Gasteiger partial charge is 0.481 e. The van der Waals surface area contributed by atoms with E-state index in [1.54, 1.807) is 0 Å². The van der Waals surface area contributed by atoms with E-state index in [0.29, 0.717) is 5.56 Å². The van der Waals surface area contributed by atoms with Gasteiger partial charge in [0.25, 0.3) is 0 Å². The molecule has 0 radical (unpaired) electrons. The van der Waals surface area contributed by atoms with E-state index in [9.17, 15) is 14.7 Å². The van der Waals surface area contributed by atoms with Crippen molar-refractivity contribution in [2.24, 2.45) is 5.92 Å². The molecule has 0 amide bonds. The molecule has 8 heteroatoms. The molecule has 4 N–H and O–H groups in total. The molecule has 0 saturated carbocycles. The third-order valence-electron chi connectivity index (χ3n) is 5.48. The summed E-state index contributed by atoms with van der Waals surface area (Å²) in [6.07, 6.45) is 1.78. The monoisotopic (exact) mass is 489 g/mol. The van der Waals surface area contributed by atoms with Crippen LogP contribution < -0.4 is 16.0 Å². The number of aliphatic carboxylic acids is 1. The van der Waals surface area contributed by atoms with Gasteiger partial charge in [-0.05, 0) is 56.1 Å². The van der Waals surface area contributed by atoms with E-state index in [1.807, 2.05) is 48.5 Å². The average molecular weight is 490 g/mol. The first kappa shape index (κ1) is 21.2. The van der Waals surface area contributed by atoms with Crippen LogP contribution in [0.1, 0.15) is 29.6 Å². The lowest BCUT2D eigenvalue weighted by atomic mass is 9.91. The Balaban J connectivity index is 1.66. The molecular formula is C22H24BrN3O3S. The van der Waals surface area contributed by atoms with Crippen LogP contribution in [0.5, 0.6) is 0 Å². The predicted octanol–water partition coefficient (Wildman–Crippen LogP) is 4.40. The molecule has 0 bridgehead atoms. The summed E-state index contributed by atoms with van der Waals surface area (Å²) in [5, 5.41) is 19.4. The van der Waals surface area contributed by atoms with Crippen LogP contribution in [0.4, 0.5) is 11.4 Å². The first-order valence-electron chi connectivity index (χ1n) is 10.0. The van der Waals surface area contributed by atoms with Crippen LogP contribution in [-0.2, 0) is 4.79 Å². The van der Waals surface area contributed by atoms with Crippen LogP contribution in [0.25, 0.3) is 0 Å². The van der Waals surface area contributed by atoms with Gasteiger partial charge in [0.2, 0.25) is 0 Å². The quantitative estimate of drug-likeness (QED) is 0.428. The van der Waals surface area contributed by atoms with Crippen molar-refractivity contribution in [2.45, 2.75) is 29.5 Å². The Kier molecular flexibility index (Phi) is 6.36. The molecule has 2 unspecified atom stereocenters. The second-order valence-corrected chi connectivity index (χ2v) is 10.1. The number of halogens is 1. The number of carboxylic acid groups (broad SMARTS) is 1. The molecule has 6 nitrogen and oxygen atoms in total. The van der Waals surface area contributed by atoms with Gasteiger partial charge in [-0.3, -0.25) is 9.59 Å². The van der Waals surface area contributed by atoms with Crippen molar-refractivity contribution in [1.82, 2.24) is 5.32 Å². The highest BCUT2D eigenvalue weighted by molar-refractivity contribution is 9.10. The number of ketones is 1. The number of Topliss-reactive ketones (excluding diaryl/α,β-unsaturated/α-hetero) is 1. The van der Waals surface area contributed by atoms with Gasteiger partial charge in [0.05, 0.1) is 23.0 Å². The van der Waals surface area contributed by atoms with Crippen LogP contribution >= 0.6 is 27.7 Å². The van der Waals surface area contributed by atoms with E-state index in [0.717, 1.165) is 41.8 Å². The van der Waals surface area contributed by atoms with Gasteiger partial charge in [-0.25, -0.2) is 0 Å². The zero-order valence-electron chi connectivity index (χ0n) is 16.4. The normalized spacial score (nSPS) is 20.5. The smallest absolute Gasteiger partial charge is 0.308 e. The third kappa shape index (κ3) is 4.66. The Bertz CT molecular complexity index is 906. The zero-order chi connectivity index (χ0) is 21.1. The molecule has 30 heavy (non-hydrogen) atoms. The number of para-hydroxylation sites is 2. The molecule has 2 aromatic carbocycles. The van der Waals surface area contributed by atoms with Gasteiger partial charge in [-0.2, -0.15) is 0 Å². The summed E-state index contributed by atoms with van der Waals surface area (Å²) >= 11 is 4.81. The first-order valence-corrected chi connectivity index (χ1v) is 11.7. The van der Waals surface area contributed by atoms with Crippen molar-refractivity contribution in [2.75, 3.05) is 23.7 Å². The molecule has 4 rings (SSSR count). The highest BCUT2D eigenvalue weighted by Gasteiger charge is 2.45. The molecule has 0 aromatic heterocycles. The Morgan fingerprint density at radius 1 is 1.13 bits per heavy atom. The van der Waals surface area contributed by atoms with Crippen LogP contribution in [0.3, 0.4) is 0 Å². The Labute approximate surface area is 188 Å². The first-order chi connectivity index (χ1) is 14.5. The zero-order valence-corrected chi connectivity index (χ0v) is 18.8. The van der Waals surface area contributed by atoms with Gasteiger partial charge >= 0.3 is 5.97 Å². The SMILES string of the molecule is O=C(O)CC1(SC(C(=O)c2ccc(Br)cc2)C2CCCNC2)Nc2ccccc2N1. The number of rotatable bonds is 7. The fraction of sp³-hybridized carbons (Fsp3) is 0.364. The van der Waals surface area contributed by atoms with Gasteiger partial charge in [-0.15, -0.1) is 0 Å². The van der Waals surface area contributed by atoms with Gasteiger partial charge in [0.15, 0.2) is 10.8 Å². The number of benzene rings is 2. The molecule has 0 aliphatic carbocycles.